The van der Waals surface area contributed by atoms with Crippen molar-refractivity contribution in [2.45, 2.75) is 39.3 Å². The average molecular weight is 251 g/mol. The van der Waals surface area contributed by atoms with Crippen molar-refractivity contribution in [1.29, 1.82) is 0 Å². The number of piperidine rings is 1. The lowest BCUT2D eigenvalue weighted by molar-refractivity contribution is 0.0934. The average Bonchev–Trinajstić information content (AvgIpc) is 2.81. The zero-order valence-electron chi connectivity index (χ0n) is 11.0. The zero-order valence-corrected chi connectivity index (χ0v) is 11.0. The molecule has 0 spiro atoms. The van der Waals surface area contributed by atoms with Crippen molar-refractivity contribution in [2.24, 2.45) is 11.8 Å². The summed E-state index contributed by atoms with van der Waals surface area (Å²) in [4.78, 5) is 13.9. The van der Waals surface area contributed by atoms with Gasteiger partial charge in [0, 0.05) is 12.6 Å². The molecule has 1 aromatic rings. The van der Waals surface area contributed by atoms with E-state index in [0.29, 0.717) is 29.8 Å². The molecule has 0 aromatic carbocycles. The van der Waals surface area contributed by atoms with Gasteiger partial charge in [0.05, 0.1) is 18.4 Å². The maximum atomic E-state index is 11.6. The van der Waals surface area contributed by atoms with E-state index in [0.717, 1.165) is 6.54 Å². The summed E-state index contributed by atoms with van der Waals surface area (Å²) in [5.41, 5.74) is 2.68. The molecule has 3 N–H and O–H groups in total. The van der Waals surface area contributed by atoms with E-state index in [-0.39, 0.29) is 5.91 Å². The van der Waals surface area contributed by atoms with Crippen molar-refractivity contribution >= 4 is 5.91 Å². The van der Waals surface area contributed by atoms with Gasteiger partial charge in [-0.25, -0.2) is 5.84 Å². The maximum Gasteiger partial charge on any atom is 0.268 e. The van der Waals surface area contributed by atoms with Gasteiger partial charge in [-0.15, -0.1) is 0 Å². The largest absolute Gasteiger partial charge is 0.467 e. The minimum atomic E-state index is -0.295. The molecule has 1 aliphatic heterocycles. The Balaban J connectivity index is 2.09. The molecule has 100 valence electrons. The van der Waals surface area contributed by atoms with Crippen molar-refractivity contribution in [3.63, 3.8) is 0 Å². The quantitative estimate of drug-likeness (QED) is 0.485. The first-order chi connectivity index (χ1) is 8.61. The van der Waals surface area contributed by atoms with Gasteiger partial charge in [-0.2, -0.15) is 0 Å². The molecular formula is C13H21N3O2. The highest BCUT2D eigenvalue weighted by Crippen LogP contribution is 2.24. The Hall–Kier alpha value is -1.33. The topological polar surface area (TPSA) is 71.5 Å². The molecule has 2 unspecified atom stereocenters. The minimum Gasteiger partial charge on any atom is -0.467 e. The summed E-state index contributed by atoms with van der Waals surface area (Å²) >= 11 is 0. The van der Waals surface area contributed by atoms with Crippen LogP contribution in [0, 0.1) is 5.92 Å². The Morgan fingerprint density at radius 1 is 1.56 bits per heavy atom. The molecule has 2 heterocycles. The molecule has 0 aliphatic carbocycles. The molecule has 1 saturated heterocycles. The normalized spacial score (nSPS) is 25.1. The molecule has 5 nitrogen and oxygen atoms in total. The van der Waals surface area contributed by atoms with Gasteiger partial charge in [0.25, 0.3) is 5.91 Å². The van der Waals surface area contributed by atoms with E-state index in [4.69, 9.17) is 10.3 Å². The number of nitrogen functional groups attached to an aromatic ring is 1. The smallest absolute Gasteiger partial charge is 0.268 e. The fraction of sp³-hybridized carbons (Fsp3) is 0.615. The summed E-state index contributed by atoms with van der Waals surface area (Å²) in [6.07, 6.45) is 4.00. The van der Waals surface area contributed by atoms with Crippen LogP contribution in [-0.2, 0) is 6.54 Å². The summed E-state index contributed by atoms with van der Waals surface area (Å²) in [5, 5.41) is 0. The molecule has 18 heavy (non-hydrogen) atoms. The van der Waals surface area contributed by atoms with Gasteiger partial charge >= 0.3 is 0 Å². The van der Waals surface area contributed by atoms with Crippen molar-refractivity contribution < 1.29 is 9.21 Å². The predicted molar refractivity (Wildman–Crippen MR) is 68.6 cm³/mol. The lowest BCUT2D eigenvalue weighted by atomic mass is 9.95. The molecule has 1 aromatic heterocycles. The second-order valence-electron chi connectivity index (χ2n) is 5.19. The highest BCUT2D eigenvalue weighted by molar-refractivity contribution is 5.94. The Bertz CT molecular complexity index is 416. The number of likely N-dealkylation sites (tertiary alicyclic amines) is 1. The Kier molecular flexibility index (Phi) is 4.04. The van der Waals surface area contributed by atoms with E-state index in [1.54, 1.807) is 6.07 Å². The third kappa shape index (κ3) is 2.73. The lowest BCUT2D eigenvalue weighted by Crippen LogP contribution is -2.40. The van der Waals surface area contributed by atoms with E-state index in [1.807, 2.05) is 0 Å². The van der Waals surface area contributed by atoms with Gasteiger partial charge < -0.3 is 4.42 Å². The van der Waals surface area contributed by atoms with Crippen LogP contribution >= 0.6 is 0 Å². The Morgan fingerprint density at radius 2 is 2.33 bits per heavy atom. The first-order valence-electron chi connectivity index (χ1n) is 6.43. The zero-order chi connectivity index (χ0) is 13.1. The third-order valence-electron chi connectivity index (χ3n) is 3.71. The number of rotatable bonds is 3. The molecule has 2 rings (SSSR count). The van der Waals surface area contributed by atoms with Crippen LogP contribution in [0.15, 0.2) is 16.7 Å². The molecule has 0 radical (unpaired) electrons. The third-order valence-corrected chi connectivity index (χ3v) is 3.71. The standard InChI is InChI=1S/C13H21N3O2/c1-9-3-4-10(2)16(7-9)8-12-11(5-6-18-12)13(17)15-14/h5-6,9-10H,3-4,7-8,14H2,1-2H3,(H,15,17). The number of nitrogens with zero attached hydrogens (tertiary/aromatic N) is 1. The first-order valence-corrected chi connectivity index (χ1v) is 6.43. The molecule has 0 saturated carbocycles. The maximum absolute atomic E-state index is 11.6. The fourth-order valence-corrected chi connectivity index (χ4v) is 2.53. The number of furan rings is 1. The fourth-order valence-electron chi connectivity index (χ4n) is 2.53. The van der Waals surface area contributed by atoms with Gasteiger partial charge in [0.1, 0.15) is 5.76 Å². The molecule has 1 amide bonds. The van der Waals surface area contributed by atoms with E-state index in [9.17, 15) is 4.79 Å². The van der Waals surface area contributed by atoms with Crippen molar-refractivity contribution in [1.82, 2.24) is 10.3 Å². The summed E-state index contributed by atoms with van der Waals surface area (Å²) in [5.74, 6) is 6.26. The predicted octanol–water partition coefficient (Wildman–Crippen LogP) is 1.50. The minimum absolute atomic E-state index is 0.295. The summed E-state index contributed by atoms with van der Waals surface area (Å²) in [6.45, 7) is 6.19. The molecule has 1 fully saturated rings. The van der Waals surface area contributed by atoms with E-state index in [2.05, 4.69) is 24.2 Å². The number of carbonyl (C=O) groups excluding carboxylic acids is 1. The van der Waals surface area contributed by atoms with Crippen molar-refractivity contribution in [3.8, 4) is 0 Å². The van der Waals surface area contributed by atoms with E-state index < -0.39 is 0 Å². The number of amides is 1. The number of nitrogens with two attached hydrogens (primary N) is 1. The van der Waals surface area contributed by atoms with Crippen LogP contribution in [-0.4, -0.2) is 23.4 Å². The second kappa shape index (κ2) is 5.54. The Morgan fingerprint density at radius 3 is 3.06 bits per heavy atom. The number of carbonyl (C=O) groups is 1. The van der Waals surface area contributed by atoms with Crippen molar-refractivity contribution in [3.05, 3.63) is 23.7 Å². The molecule has 1 aliphatic rings. The Labute approximate surface area is 107 Å². The molecule has 2 atom stereocenters. The van der Waals surface area contributed by atoms with Crippen LogP contribution in [0.1, 0.15) is 42.8 Å². The number of hydrazine groups is 1. The van der Waals surface area contributed by atoms with Gasteiger partial charge in [-0.1, -0.05) is 6.92 Å². The van der Waals surface area contributed by atoms with Gasteiger partial charge in [0.2, 0.25) is 0 Å². The van der Waals surface area contributed by atoms with Crippen LogP contribution in [0.4, 0.5) is 0 Å². The van der Waals surface area contributed by atoms with Crippen LogP contribution in [0.5, 0.6) is 0 Å². The SMILES string of the molecule is CC1CCC(C)N(Cc2occc2C(=O)NN)C1. The van der Waals surface area contributed by atoms with Crippen LogP contribution in [0.25, 0.3) is 0 Å². The second-order valence-corrected chi connectivity index (χ2v) is 5.19. The molecule has 0 bridgehead atoms. The number of nitrogens with one attached hydrogen (secondary N) is 1. The van der Waals surface area contributed by atoms with Crippen LogP contribution in [0.2, 0.25) is 0 Å². The van der Waals surface area contributed by atoms with Gasteiger partial charge in [0.15, 0.2) is 0 Å². The van der Waals surface area contributed by atoms with E-state index >= 15 is 0 Å². The van der Waals surface area contributed by atoms with Crippen molar-refractivity contribution in [2.75, 3.05) is 6.54 Å². The summed E-state index contributed by atoms with van der Waals surface area (Å²) in [6, 6.07) is 2.19. The summed E-state index contributed by atoms with van der Waals surface area (Å²) in [7, 11) is 0. The highest BCUT2D eigenvalue weighted by Gasteiger charge is 2.25. The monoisotopic (exact) mass is 251 g/mol. The first kappa shape index (κ1) is 13.1. The lowest BCUT2D eigenvalue weighted by Gasteiger charge is -2.36. The number of hydrogen-bond acceptors (Lipinski definition) is 4. The van der Waals surface area contributed by atoms with E-state index in [1.165, 1.54) is 19.1 Å². The summed E-state index contributed by atoms with van der Waals surface area (Å²) < 4.78 is 5.42. The van der Waals surface area contributed by atoms with Gasteiger partial charge in [-0.05, 0) is 31.7 Å². The highest BCUT2D eigenvalue weighted by atomic mass is 16.3. The molecular weight excluding hydrogens is 230 g/mol. The van der Waals surface area contributed by atoms with Gasteiger partial charge in [-0.3, -0.25) is 15.1 Å². The molecule has 5 heteroatoms. The van der Waals surface area contributed by atoms with Crippen LogP contribution in [0.3, 0.4) is 0 Å². The number of hydrogen-bond donors (Lipinski definition) is 2. The van der Waals surface area contributed by atoms with Crippen LogP contribution < -0.4 is 11.3 Å².